The van der Waals surface area contributed by atoms with E-state index in [4.69, 9.17) is 10.8 Å². The van der Waals surface area contributed by atoms with Crippen LogP contribution in [0.15, 0.2) is 0 Å². The molecule has 90 valence electrons. The number of rotatable bonds is 8. The molecule has 0 aliphatic rings. The second-order valence-electron chi connectivity index (χ2n) is 3.37. The van der Waals surface area contributed by atoms with Crippen molar-refractivity contribution in [3.8, 4) is 0 Å². The first-order chi connectivity index (χ1) is 7.15. The number of carbonyl (C=O) groups is 1. The van der Waals surface area contributed by atoms with Crippen molar-refractivity contribution < 1.29 is 14.6 Å². The zero-order valence-electron chi connectivity index (χ0n) is 9.44. The molecule has 3 N–H and O–H groups in total. The third-order valence-electron chi connectivity index (χ3n) is 2.15. The van der Waals surface area contributed by atoms with Crippen LogP contribution in [0.4, 0.5) is 0 Å². The fourth-order valence-corrected chi connectivity index (χ4v) is 2.30. The Labute approximate surface area is 95.6 Å². The van der Waals surface area contributed by atoms with Crippen LogP contribution in [0.3, 0.4) is 0 Å². The molecule has 0 saturated carbocycles. The molecule has 0 fully saturated rings. The smallest absolute Gasteiger partial charge is 0.306 e. The normalized spacial score (nSPS) is 14.7. The van der Waals surface area contributed by atoms with E-state index in [0.717, 1.165) is 12.8 Å². The minimum Gasteiger partial charge on any atom is -0.469 e. The highest BCUT2D eigenvalue weighted by Gasteiger charge is 2.16. The molecular formula is C10H21NO3S. The van der Waals surface area contributed by atoms with Gasteiger partial charge in [-0.2, -0.15) is 11.8 Å². The molecule has 0 amide bonds. The molecule has 0 aliphatic carbocycles. The monoisotopic (exact) mass is 235 g/mol. The van der Waals surface area contributed by atoms with E-state index in [1.165, 1.54) is 18.9 Å². The molecule has 0 aliphatic heterocycles. The van der Waals surface area contributed by atoms with Crippen LogP contribution in [-0.2, 0) is 9.53 Å². The highest BCUT2D eigenvalue weighted by Crippen LogP contribution is 2.17. The number of esters is 1. The molecule has 0 spiro atoms. The molecule has 0 aromatic heterocycles. The number of ether oxygens (including phenoxy) is 1. The summed E-state index contributed by atoms with van der Waals surface area (Å²) in [6.07, 6.45) is 2.28. The first-order valence-electron chi connectivity index (χ1n) is 5.20. The van der Waals surface area contributed by atoms with E-state index in [2.05, 4.69) is 11.7 Å². The highest BCUT2D eigenvalue weighted by molar-refractivity contribution is 8.00. The van der Waals surface area contributed by atoms with E-state index >= 15 is 0 Å². The topological polar surface area (TPSA) is 72.5 Å². The predicted octanol–water partition coefficient (Wildman–Crippen LogP) is 0.771. The van der Waals surface area contributed by atoms with Crippen LogP contribution in [0.1, 0.15) is 26.2 Å². The quantitative estimate of drug-likeness (QED) is 0.608. The van der Waals surface area contributed by atoms with Crippen molar-refractivity contribution in [1.29, 1.82) is 0 Å². The molecule has 0 rings (SSSR count). The number of carbonyl (C=O) groups excluding carboxylic acids is 1. The molecule has 0 radical (unpaired) electrons. The van der Waals surface area contributed by atoms with Gasteiger partial charge in [-0.25, -0.2) is 0 Å². The van der Waals surface area contributed by atoms with E-state index in [1.54, 1.807) is 0 Å². The molecule has 4 nitrogen and oxygen atoms in total. The van der Waals surface area contributed by atoms with Crippen LogP contribution in [0.5, 0.6) is 0 Å². The van der Waals surface area contributed by atoms with Crippen LogP contribution < -0.4 is 5.73 Å². The predicted molar refractivity (Wildman–Crippen MR) is 62.8 cm³/mol. The minimum absolute atomic E-state index is 0.00245. The lowest BCUT2D eigenvalue weighted by Gasteiger charge is -2.20. The average Bonchev–Trinajstić information content (AvgIpc) is 2.24. The molecule has 2 unspecified atom stereocenters. The number of nitrogens with two attached hydrogens (primary N) is 1. The van der Waals surface area contributed by atoms with E-state index in [-0.39, 0.29) is 23.9 Å². The molecule has 0 aromatic rings. The molecule has 5 heteroatoms. The van der Waals surface area contributed by atoms with Gasteiger partial charge in [-0.05, 0) is 6.42 Å². The summed E-state index contributed by atoms with van der Waals surface area (Å²) >= 11 is 1.54. The number of aliphatic hydroxyl groups is 1. The van der Waals surface area contributed by atoms with Crippen molar-refractivity contribution in [1.82, 2.24) is 0 Å². The summed E-state index contributed by atoms with van der Waals surface area (Å²) in [7, 11) is 1.37. The van der Waals surface area contributed by atoms with Gasteiger partial charge in [0.05, 0.1) is 20.1 Å². The largest absolute Gasteiger partial charge is 0.469 e. The summed E-state index contributed by atoms with van der Waals surface area (Å²) in [6.45, 7) is 2.13. The Bertz CT molecular complexity index is 178. The second kappa shape index (κ2) is 9.00. The standard InChI is InChI=1S/C10H21NO3S/c1-3-4-8(11)9(7-12)15-6-5-10(13)14-2/h8-9,12H,3-7,11H2,1-2H3. The van der Waals surface area contributed by atoms with Crippen molar-refractivity contribution in [3.05, 3.63) is 0 Å². The maximum absolute atomic E-state index is 10.8. The van der Waals surface area contributed by atoms with Crippen molar-refractivity contribution in [3.63, 3.8) is 0 Å². The second-order valence-corrected chi connectivity index (χ2v) is 4.72. The van der Waals surface area contributed by atoms with Crippen molar-refractivity contribution in [2.45, 2.75) is 37.5 Å². The number of thioether (sulfide) groups is 1. The van der Waals surface area contributed by atoms with Crippen LogP contribution >= 0.6 is 11.8 Å². The molecule has 0 heterocycles. The lowest BCUT2D eigenvalue weighted by molar-refractivity contribution is -0.140. The van der Waals surface area contributed by atoms with Gasteiger partial charge in [0.2, 0.25) is 0 Å². The molecule has 0 saturated heterocycles. The van der Waals surface area contributed by atoms with Crippen molar-refractivity contribution in [2.75, 3.05) is 19.5 Å². The summed E-state index contributed by atoms with van der Waals surface area (Å²) in [5, 5.41) is 9.15. The summed E-state index contributed by atoms with van der Waals surface area (Å²) in [6, 6.07) is 0.00245. The Morgan fingerprint density at radius 3 is 2.73 bits per heavy atom. The van der Waals surface area contributed by atoms with Gasteiger partial charge in [-0.1, -0.05) is 13.3 Å². The van der Waals surface area contributed by atoms with E-state index < -0.39 is 0 Å². The fourth-order valence-electron chi connectivity index (χ4n) is 1.23. The average molecular weight is 235 g/mol. The van der Waals surface area contributed by atoms with E-state index in [9.17, 15) is 4.79 Å². The Morgan fingerprint density at radius 2 is 2.27 bits per heavy atom. The minimum atomic E-state index is -0.219. The maximum atomic E-state index is 10.8. The first kappa shape index (κ1) is 14.7. The van der Waals surface area contributed by atoms with Gasteiger partial charge in [-0.15, -0.1) is 0 Å². The summed E-state index contributed by atoms with van der Waals surface area (Å²) in [5.41, 5.74) is 5.89. The Balaban J connectivity index is 3.74. The Hall–Kier alpha value is -0.260. The van der Waals surface area contributed by atoms with Gasteiger partial charge in [-0.3, -0.25) is 4.79 Å². The van der Waals surface area contributed by atoms with E-state index in [0.29, 0.717) is 12.2 Å². The summed E-state index contributed by atoms with van der Waals surface area (Å²) < 4.78 is 4.53. The highest BCUT2D eigenvalue weighted by atomic mass is 32.2. The first-order valence-corrected chi connectivity index (χ1v) is 6.25. The van der Waals surface area contributed by atoms with Crippen LogP contribution in [0.2, 0.25) is 0 Å². The lowest BCUT2D eigenvalue weighted by atomic mass is 10.1. The molecule has 0 aromatic carbocycles. The molecule has 2 atom stereocenters. The number of hydrogen-bond donors (Lipinski definition) is 2. The van der Waals surface area contributed by atoms with Gasteiger partial charge in [0, 0.05) is 17.0 Å². The van der Waals surface area contributed by atoms with Crippen molar-refractivity contribution >= 4 is 17.7 Å². The van der Waals surface area contributed by atoms with Gasteiger partial charge in [0.1, 0.15) is 0 Å². The zero-order chi connectivity index (χ0) is 11.7. The molecule has 0 bridgehead atoms. The maximum Gasteiger partial charge on any atom is 0.306 e. The van der Waals surface area contributed by atoms with Gasteiger partial charge in [0.25, 0.3) is 0 Å². The van der Waals surface area contributed by atoms with Crippen LogP contribution in [0, 0.1) is 0 Å². The number of methoxy groups -OCH3 is 1. The Kier molecular flexibility index (Phi) is 8.85. The van der Waals surface area contributed by atoms with E-state index in [1.807, 2.05) is 0 Å². The van der Waals surface area contributed by atoms with Crippen molar-refractivity contribution in [2.24, 2.45) is 5.73 Å². The summed E-state index contributed by atoms with van der Waals surface area (Å²) in [5.74, 6) is 0.429. The van der Waals surface area contributed by atoms with Gasteiger partial charge < -0.3 is 15.6 Å². The SMILES string of the molecule is CCCC(N)C(CO)SCCC(=O)OC. The fraction of sp³-hybridized carbons (Fsp3) is 0.900. The van der Waals surface area contributed by atoms with Crippen LogP contribution in [-0.4, -0.2) is 41.8 Å². The summed E-state index contributed by atoms with van der Waals surface area (Å²) in [4.78, 5) is 10.8. The lowest BCUT2D eigenvalue weighted by Crippen LogP contribution is -2.35. The Morgan fingerprint density at radius 1 is 1.60 bits per heavy atom. The van der Waals surface area contributed by atoms with Gasteiger partial charge in [0.15, 0.2) is 0 Å². The third-order valence-corrected chi connectivity index (χ3v) is 3.51. The molecule has 15 heavy (non-hydrogen) atoms. The number of hydrogen-bond acceptors (Lipinski definition) is 5. The number of aliphatic hydroxyl groups excluding tert-OH is 1. The zero-order valence-corrected chi connectivity index (χ0v) is 10.3. The van der Waals surface area contributed by atoms with Crippen LogP contribution in [0.25, 0.3) is 0 Å². The molecular weight excluding hydrogens is 214 g/mol. The van der Waals surface area contributed by atoms with Gasteiger partial charge >= 0.3 is 5.97 Å². The third kappa shape index (κ3) is 6.76.